The van der Waals surface area contributed by atoms with Crippen molar-refractivity contribution in [3.8, 4) is 11.2 Å². The molecule has 17 heavy (non-hydrogen) atoms. The van der Waals surface area contributed by atoms with E-state index in [4.69, 9.17) is 25.7 Å². The molecule has 0 aromatic heterocycles. The van der Waals surface area contributed by atoms with Gasteiger partial charge in [-0.15, -0.1) is 0 Å². The van der Waals surface area contributed by atoms with Gasteiger partial charge in [-0.2, -0.15) is 5.26 Å². The molecule has 1 aromatic carbocycles. The van der Waals surface area contributed by atoms with Crippen LogP contribution in [0.1, 0.15) is 27.0 Å². The van der Waals surface area contributed by atoms with E-state index >= 15 is 0 Å². The topological polar surface area (TPSA) is 50.1 Å². The lowest BCUT2D eigenvalue weighted by atomic mass is 10.1. The predicted octanol–water partition coefficient (Wildman–Crippen LogP) is 3.44. The highest BCUT2D eigenvalue weighted by Gasteiger charge is 2.19. The number of nitrogens with zero attached hydrogens (tertiary/aromatic N) is 1. The van der Waals surface area contributed by atoms with E-state index in [1.165, 1.54) is 12.1 Å². The van der Waals surface area contributed by atoms with Gasteiger partial charge in [0.15, 0.2) is 5.78 Å². The Morgan fingerprint density at radius 2 is 2.41 bits per heavy atom. The zero-order valence-corrected chi connectivity index (χ0v) is 10.9. The van der Waals surface area contributed by atoms with Crippen LogP contribution in [0.2, 0.25) is 5.02 Å². The molecular formula is C12H12ClNO2S. The molecule has 0 aliphatic heterocycles. The second kappa shape index (κ2) is 5.95. The molecule has 0 radical (unpaired) electrons. The minimum atomic E-state index is -2.58. The molecule has 1 rings (SSSR count). The summed E-state index contributed by atoms with van der Waals surface area (Å²) in [6, 6.07) is 2.78. The number of nitriles is 1. The third-order valence-corrected chi connectivity index (χ3v) is 3.22. The number of ether oxygens (including phenoxy) is 1. The number of Topliss-reactive ketones (excluding diaryl/α,β-unsaturated/α-hetero) is 1. The standard InChI is InChI=1S/C12H12ClNO2S/c1-7-4-9(10(13)5-11(7)16-3)12(15)8(2)17-6-14/h4-5,8H,1-3H3/i3+1D3. The maximum atomic E-state index is 12.1. The van der Waals surface area contributed by atoms with Gasteiger partial charge < -0.3 is 4.74 Å². The van der Waals surface area contributed by atoms with E-state index in [2.05, 4.69) is 0 Å². The fourth-order valence-electron chi connectivity index (χ4n) is 1.31. The largest absolute Gasteiger partial charge is 0.496 e. The quantitative estimate of drug-likeness (QED) is 0.479. The van der Waals surface area contributed by atoms with Crippen molar-refractivity contribution >= 4 is 29.1 Å². The summed E-state index contributed by atoms with van der Waals surface area (Å²) >= 11 is 6.83. The van der Waals surface area contributed by atoms with Crippen LogP contribution in [0, 0.1) is 17.6 Å². The number of aryl methyl sites for hydroxylation is 1. The first-order valence-corrected chi connectivity index (χ1v) is 5.99. The first-order valence-electron chi connectivity index (χ1n) is 6.24. The Hall–Kier alpha value is -1.18. The van der Waals surface area contributed by atoms with Crippen LogP contribution in [0.15, 0.2) is 12.1 Å². The Morgan fingerprint density at radius 3 is 3.00 bits per heavy atom. The Morgan fingerprint density at radius 1 is 1.71 bits per heavy atom. The molecule has 90 valence electrons. The molecule has 0 bridgehead atoms. The van der Waals surface area contributed by atoms with E-state index in [-0.39, 0.29) is 22.1 Å². The summed E-state index contributed by atoms with van der Waals surface area (Å²) in [4.78, 5) is 12.1. The molecular weight excluding hydrogens is 259 g/mol. The lowest BCUT2D eigenvalue weighted by molar-refractivity contribution is 0.0994. The summed E-state index contributed by atoms with van der Waals surface area (Å²) < 4.78 is 26.0. The Kier molecular flexibility index (Phi) is 3.43. The van der Waals surface area contributed by atoms with Crippen LogP contribution >= 0.6 is 23.4 Å². The predicted molar refractivity (Wildman–Crippen MR) is 69.7 cm³/mol. The molecule has 0 saturated heterocycles. The van der Waals surface area contributed by atoms with Gasteiger partial charge in [-0.1, -0.05) is 11.6 Å². The number of methoxy groups -OCH3 is 1. The summed E-state index contributed by atoms with van der Waals surface area (Å²) in [5.41, 5.74) is 0.736. The Bertz CT molecular complexity index is 569. The number of hydrogen-bond donors (Lipinski definition) is 0. The molecule has 0 saturated carbocycles. The Labute approximate surface area is 114 Å². The number of ketones is 1. The molecule has 0 amide bonds. The van der Waals surface area contributed by atoms with E-state index in [9.17, 15) is 4.79 Å². The molecule has 0 aliphatic rings. The summed E-state index contributed by atoms with van der Waals surface area (Å²) in [6.07, 6.45) is 0. The van der Waals surface area contributed by atoms with Crippen LogP contribution in [0.5, 0.6) is 5.75 Å². The first kappa shape index (κ1) is 9.81. The highest BCUT2D eigenvalue weighted by Crippen LogP contribution is 2.29. The van der Waals surface area contributed by atoms with Crippen LogP contribution in [-0.4, -0.2) is 18.1 Å². The number of thioether (sulfide) groups is 1. The van der Waals surface area contributed by atoms with Crippen LogP contribution in [0.3, 0.4) is 0 Å². The zero-order chi connectivity index (χ0) is 15.5. The summed E-state index contributed by atoms with van der Waals surface area (Å²) in [7, 11) is -2.58. The molecule has 1 unspecified atom stereocenters. The molecule has 0 spiro atoms. The Balaban J connectivity index is 3.12. The molecule has 3 nitrogen and oxygen atoms in total. The number of benzene rings is 1. The van der Waals surface area contributed by atoms with Crippen molar-refractivity contribution in [3.63, 3.8) is 0 Å². The van der Waals surface area contributed by atoms with Crippen LogP contribution in [-0.2, 0) is 0 Å². The lowest BCUT2D eigenvalue weighted by Crippen LogP contribution is -2.13. The molecule has 0 N–H and O–H groups in total. The monoisotopic (exact) mass is 273 g/mol. The number of rotatable bonds is 4. The average molecular weight is 274 g/mol. The fourth-order valence-corrected chi connectivity index (χ4v) is 1.95. The maximum absolute atomic E-state index is 12.1. The number of thiocyanates is 1. The van der Waals surface area contributed by atoms with E-state index in [1.807, 2.05) is 5.40 Å². The second-order valence-electron chi connectivity index (χ2n) is 3.42. The van der Waals surface area contributed by atoms with E-state index in [0.29, 0.717) is 5.56 Å². The van der Waals surface area contributed by atoms with Gasteiger partial charge >= 0.3 is 0 Å². The third-order valence-electron chi connectivity index (χ3n) is 2.24. The highest BCUT2D eigenvalue weighted by molar-refractivity contribution is 8.04. The van der Waals surface area contributed by atoms with Gasteiger partial charge in [0.1, 0.15) is 11.2 Å². The molecule has 0 fully saturated rings. The van der Waals surface area contributed by atoms with Crippen molar-refractivity contribution in [2.75, 3.05) is 7.04 Å². The molecule has 0 heterocycles. The number of halogens is 1. The molecule has 1 atom stereocenters. The van der Waals surface area contributed by atoms with Gasteiger partial charge in [0.25, 0.3) is 0 Å². The van der Waals surface area contributed by atoms with Crippen molar-refractivity contribution in [1.29, 1.82) is 5.26 Å². The normalized spacial score (nSPS) is 15.1. The minimum Gasteiger partial charge on any atom is -0.496 e. The van der Waals surface area contributed by atoms with Gasteiger partial charge in [-0.3, -0.25) is 4.79 Å². The van der Waals surface area contributed by atoms with Crippen LogP contribution < -0.4 is 4.74 Å². The van der Waals surface area contributed by atoms with E-state index < -0.39 is 12.3 Å². The molecule has 0 aliphatic carbocycles. The van der Waals surface area contributed by atoms with Crippen molar-refractivity contribution in [2.45, 2.75) is 19.1 Å². The third kappa shape index (κ3) is 3.15. The fraction of sp³-hybridized carbons (Fsp3) is 0.333. The van der Waals surface area contributed by atoms with Gasteiger partial charge in [-0.05, 0) is 43.3 Å². The summed E-state index contributed by atoms with van der Waals surface area (Å²) in [5, 5.41) is 9.97. The number of hydrogen-bond acceptors (Lipinski definition) is 4. The second-order valence-corrected chi connectivity index (χ2v) is 4.95. The van der Waals surface area contributed by atoms with Gasteiger partial charge in [0.05, 0.1) is 21.4 Å². The number of carbonyl (C=O) groups is 1. The first-order chi connectivity index (χ1) is 9.15. The van der Waals surface area contributed by atoms with Crippen molar-refractivity contribution < 1.29 is 13.6 Å². The highest BCUT2D eigenvalue weighted by atomic mass is 35.5. The molecule has 5 heteroatoms. The number of carbonyl (C=O) groups excluding carboxylic acids is 1. The smallest absolute Gasteiger partial charge is 0.178 e. The van der Waals surface area contributed by atoms with Gasteiger partial charge in [0, 0.05) is 5.56 Å². The van der Waals surface area contributed by atoms with Gasteiger partial charge in [-0.25, -0.2) is 0 Å². The lowest BCUT2D eigenvalue weighted by Gasteiger charge is -2.11. The van der Waals surface area contributed by atoms with Crippen molar-refractivity contribution in [3.05, 3.63) is 28.3 Å². The van der Waals surface area contributed by atoms with Crippen LogP contribution in [0.25, 0.3) is 0 Å². The van der Waals surface area contributed by atoms with E-state index in [0.717, 1.165) is 11.8 Å². The SMILES string of the molecule is [2H][13C]([2H])([2H])Oc1cc(Cl)c(C(=O)C(C)SC#N)cc1C. The van der Waals surface area contributed by atoms with E-state index in [1.54, 1.807) is 13.8 Å². The van der Waals surface area contributed by atoms with Crippen molar-refractivity contribution in [2.24, 2.45) is 0 Å². The van der Waals surface area contributed by atoms with Crippen molar-refractivity contribution in [1.82, 2.24) is 0 Å². The maximum Gasteiger partial charge on any atom is 0.178 e. The molecule has 1 aromatic rings. The summed E-state index contributed by atoms with van der Waals surface area (Å²) in [5.74, 6) is -0.183. The summed E-state index contributed by atoms with van der Waals surface area (Å²) in [6.45, 7) is 3.23. The average Bonchev–Trinajstić information content (AvgIpc) is 2.31. The van der Waals surface area contributed by atoms with Gasteiger partial charge in [0.2, 0.25) is 0 Å². The van der Waals surface area contributed by atoms with Crippen LogP contribution in [0.4, 0.5) is 0 Å². The minimum absolute atomic E-state index is 0.102. The zero-order valence-electron chi connectivity index (χ0n) is 12.3.